The van der Waals surface area contributed by atoms with Gasteiger partial charge in [-0.25, -0.2) is 4.98 Å². The van der Waals surface area contributed by atoms with E-state index in [0.29, 0.717) is 21.6 Å². The predicted molar refractivity (Wildman–Crippen MR) is 105 cm³/mol. The molecule has 1 aliphatic rings. The summed E-state index contributed by atoms with van der Waals surface area (Å²) in [5.74, 6) is 1.47. The second-order valence-electron chi connectivity index (χ2n) is 7.14. The van der Waals surface area contributed by atoms with Crippen molar-refractivity contribution in [2.24, 2.45) is 0 Å². The smallest absolute Gasteiger partial charge is 0.264 e. The largest absolute Gasteiger partial charge is 0.467 e. The molecule has 0 fully saturated rings. The molecular weight excluding hydrogens is 362 g/mol. The van der Waals surface area contributed by atoms with Gasteiger partial charge in [-0.3, -0.25) is 14.2 Å². The summed E-state index contributed by atoms with van der Waals surface area (Å²) >= 11 is 1.32. The van der Waals surface area contributed by atoms with Gasteiger partial charge in [0.05, 0.1) is 22.6 Å². The highest BCUT2D eigenvalue weighted by atomic mass is 32.1. The van der Waals surface area contributed by atoms with Crippen molar-refractivity contribution in [3.8, 4) is 0 Å². The minimum absolute atomic E-state index is 0.00793. The van der Waals surface area contributed by atoms with Crippen LogP contribution in [0.3, 0.4) is 0 Å². The first-order valence-electron chi connectivity index (χ1n) is 9.32. The Kier molecular flexibility index (Phi) is 4.63. The Balaban J connectivity index is 1.76. The number of amides is 1. The summed E-state index contributed by atoms with van der Waals surface area (Å²) < 4.78 is 7.24. The second kappa shape index (κ2) is 6.96. The number of aromatic nitrogens is 2. The molecule has 3 aromatic heterocycles. The molecule has 27 heavy (non-hydrogen) atoms. The minimum atomic E-state index is -0.192. The van der Waals surface area contributed by atoms with Crippen molar-refractivity contribution in [2.75, 3.05) is 7.05 Å². The number of hydrogen-bond donors (Lipinski definition) is 0. The Bertz CT molecular complexity index is 1050. The molecule has 0 saturated carbocycles. The molecule has 7 heteroatoms. The highest BCUT2D eigenvalue weighted by Crippen LogP contribution is 2.31. The van der Waals surface area contributed by atoms with E-state index in [1.54, 1.807) is 22.8 Å². The van der Waals surface area contributed by atoms with E-state index in [1.807, 2.05) is 26.0 Å². The molecule has 0 bridgehead atoms. The summed E-state index contributed by atoms with van der Waals surface area (Å²) in [6, 6.07) is 3.48. The molecule has 142 valence electrons. The number of furan rings is 1. The normalized spacial score (nSPS) is 15.4. The van der Waals surface area contributed by atoms with Crippen LogP contribution >= 0.6 is 11.3 Å². The SMILES string of the molecule is Cc1c(C(=O)N(C)C(C)c2ccco2)sc2nc3n(c(=O)c12)CCCCC3. The van der Waals surface area contributed by atoms with Gasteiger partial charge in [-0.1, -0.05) is 6.42 Å². The van der Waals surface area contributed by atoms with Gasteiger partial charge in [-0.2, -0.15) is 0 Å². The second-order valence-corrected chi connectivity index (χ2v) is 8.14. The number of carbonyl (C=O) groups is 1. The van der Waals surface area contributed by atoms with Crippen LogP contribution < -0.4 is 5.56 Å². The van der Waals surface area contributed by atoms with Gasteiger partial charge < -0.3 is 9.32 Å². The van der Waals surface area contributed by atoms with Gasteiger partial charge in [0.15, 0.2) is 0 Å². The highest BCUT2D eigenvalue weighted by molar-refractivity contribution is 7.20. The molecule has 0 saturated heterocycles. The lowest BCUT2D eigenvalue weighted by Gasteiger charge is -2.23. The van der Waals surface area contributed by atoms with E-state index in [2.05, 4.69) is 0 Å². The van der Waals surface area contributed by atoms with Gasteiger partial charge in [0.25, 0.3) is 11.5 Å². The summed E-state index contributed by atoms with van der Waals surface area (Å²) in [6.07, 6.45) is 5.60. The zero-order valence-electron chi connectivity index (χ0n) is 15.8. The van der Waals surface area contributed by atoms with Gasteiger partial charge in [0, 0.05) is 20.0 Å². The first kappa shape index (κ1) is 18.0. The molecule has 0 aromatic carbocycles. The third-order valence-electron chi connectivity index (χ3n) is 5.46. The molecule has 1 amide bonds. The van der Waals surface area contributed by atoms with Crippen LogP contribution in [0.2, 0.25) is 0 Å². The monoisotopic (exact) mass is 385 g/mol. The number of carbonyl (C=O) groups excluding carboxylic acids is 1. The average molecular weight is 385 g/mol. The summed E-state index contributed by atoms with van der Waals surface area (Å²) in [7, 11) is 1.76. The Morgan fingerprint density at radius 1 is 1.37 bits per heavy atom. The molecule has 0 aliphatic carbocycles. The fourth-order valence-electron chi connectivity index (χ4n) is 3.67. The maximum absolute atomic E-state index is 13.1. The van der Waals surface area contributed by atoms with Crippen molar-refractivity contribution in [1.82, 2.24) is 14.5 Å². The molecule has 1 atom stereocenters. The molecule has 0 spiro atoms. The van der Waals surface area contributed by atoms with Crippen molar-refractivity contribution in [2.45, 2.75) is 52.1 Å². The van der Waals surface area contributed by atoms with E-state index >= 15 is 0 Å². The quantitative estimate of drug-likeness (QED) is 0.685. The molecule has 6 nitrogen and oxygen atoms in total. The van der Waals surface area contributed by atoms with Gasteiger partial charge in [0.1, 0.15) is 16.4 Å². The molecule has 1 aliphatic heterocycles. The van der Waals surface area contributed by atoms with E-state index in [1.165, 1.54) is 11.3 Å². The summed E-state index contributed by atoms with van der Waals surface area (Å²) in [6.45, 7) is 4.49. The molecule has 0 N–H and O–H groups in total. The fourth-order valence-corrected chi connectivity index (χ4v) is 4.84. The lowest BCUT2D eigenvalue weighted by Crippen LogP contribution is -2.29. The predicted octanol–water partition coefficient (Wildman–Crippen LogP) is 3.92. The van der Waals surface area contributed by atoms with Crippen LogP contribution in [-0.2, 0) is 13.0 Å². The van der Waals surface area contributed by atoms with Crippen LogP contribution in [-0.4, -0.2) is 27.4 Å². The maximum atomic E-state index is 13.1. The van der Waals surface area contributed by atoms with E-state index in [4.69, 9.17) is 9.40 Å². The Morgan fingerprint density at radius 3 is 2.93 bits per heavy atom. The number of aryl methyl sites for hydroxylation is 2. The zero-order valence-corrected chi connectivity index (χ0v) is 16.6. The topological polar surface area (TPSA) is 68.3 Å². The fraction of sp³-hybridized carbons (Fsp3) is 0.450. The third kappa shape index (κ3) is 3.00. The molecular formula is C20H23N3O3S. The summed E-state index contributed by atoms with van der Waals surface area (Å²) in [4.78, 5) is 33.8. The molecule has 4 heterocycles. The van der Waals surface area contributed by atoms with Crippen LogP contribution in [0, 0.1) is 6.92 Å². The third-order valence-corrected chi connectivity index (χ3v) is 6.64. The Morgan fingerprint density at radius 2 is 2.19 bits per heavy atom. The lowest BCUT2D eigenvalue weighted by molar-refractivity contribution is 0.0730. The number of rotatable bonds is 3. The van der Waals surface area contributed by atoms with Crippen LogP contribution in [0.5, 0.6) is 0 Å². The van der Waals surface area contributed by atoms with Gasteiger partial charge in [0.2, 0.25) is 0 Å². The van der Waals surface area contributed by atoms with E-state index < -0.39 is 0 Å². The van der Waals surface area contributed by atoms with Gasteiger partial charge in [-0.05, 0) is 44.4 Å². The molecule has 4 rings (SSSR count). The first-order chi connectivity index (χ1) is 13.0. The standard InChI is InChI=1S/C20H23N3O3S/c1-12-16-18(21-15-9-5-4-6-10-23(15)19(16)24)27-17(12)20(25)22(3)13(2)14-8-7-11-26-14/h7-8,11,13H,4-6,9-10H2,1-3H3. The number of thiophene rings is 1. The Hall–Kier alpha value is -2.41. The maximum Gasteiger partial charge on any atom is 0.264 e. The van der Waals surface area contributed by atoms with Crippen LogP contribution in [0.25, 0.3) is 10.2 Å². The molecule has 0 radical (unpaired) electrons. The summed E-state index contributed by atoms with van der Waals surface area (Å²) in [5.41, 5.74) is 0.724. The molecule has 3 aromatic rings. The summed E-state index contributed by atoms with van der Waals surface area (Å²) in [5, 5.41) is 0.591. The van der Waals surface area contributed by atoms with Crippen LogP contribution in [0.1, 0.15) is 59.0 Å². The van der Waals surface area contributed by atoms with E-state index in [9.17, 15) is 9.59 Å². The number of hydrogen-bond acceptors (Lipinski definition) is 5. The zero-order chi connectivity index (χ0) is 19.1. The average Bonchev–Trinajstić information content (AvgIpc) is 3.23. The van der Waals surface area contributed by atoms with Crippen molar-refractivity contribution in [3.63, 3.8) is 0 Å². The molecule has 1 unspecified atom stereocenters. The van der Waals surface area contributed by atoms with Gasteiger partial charge in [-0.15, -0.1) is 11.3 Å². The van der Waals surface area contributed by atoms with E-state index in [-0.39, 0.29) is 17.5 Å². The van der Waals surface area contributed by atoms with Gasteiger partial charge >= 0.3 is 0 Å². The van der Waals surface area contributed by atoms with Crippen molar-refractivity contribution < 1.29 is 9.21 Å². The van der Waals surface area contributed by atoms with E-state index in [0.717, 1.165) is 42.8 Å². The lowest BCUT2D eigenvalue weighted by atomic mass is 10.1. The number of nitrogens with zero attached hydrogens (tertiary/aromatic N) is 3. The van der Waals surface area contributed by atoms with Crippen LogP contribution in [0.4, 0.5) is 0 Å². The van der Waals surface area contributed by atoms with Crippen LogP contribution in [0.15, 0.2) is 27.6 Å². The highest BCUT2D eigenvalue weighted by Gasteiger charge is 2.27. The van der Waals surface area contributed by atoms with Crippen molar-refractivity contribution in [3.05, 3.63) is 50.8 Å². The van der Waals surface area contributed by atoms with Crippen molar-refractivity contribution >= 4 is 27.5 Å². The first-order valence-corrected chi connectivity index (χ1v) is 10.1. The number of fused-ring (bicyclic) bond motifs is 2. The minimum Gasteiger partial charge on any atom is -0.467 e. The Labute approximate surface area is 161 Å². The van der Waals surface area contributed by atoms with Crippen molar-refractivity contribution in [1.29, 1.82) is 0 Å².